The molecule has 4 heteroatoms. The van der Waals surface area contributed by atoms with Gasteiger partial charge in [-0.3, -0.25) is 4.79 Å². The van der Waals surface area contributed by atoms with Crippen LogP contribution in [0.15, 0.2) is 24.3 Å². The Morgan fingerprint density at radius 1 is 1.28 bits per heavy atom. The molecule has 1 heterocycles. The van der Waals surface area contributed by atoms with E-state index in [1.54, 1.807) is 23.1 Å². The number of hydrogen-bond donors (Lipinski definition) is 0. The average Bonchev–Trinajstić information content (AvgIpc) is 2.38. The molecule has 1 amide bonds. The quantitative estimate of drug-likeness (QED) is 0.801. The number of amides is 1. The minimum absolute atomic E-state index is 0.181. The topological polar surface area (TPSA) is 23.6 Å². The van der Waals surface area contributed by atoms with Gasteiger partial charge in [0.1, 0.15) is 5.82 Å². The third kappa shape index (κ3) is 2.70. The lowest BCUT2D eigenvalue weighted by molar-refractivity contribution is 0.0658. The van der Waals surface area contributed by atoms with Crippen LogP contribution in [0.4, 0.5) is 4.39 Å². The standard InChI is InChI=1S/C14H19FN2O/c1-16(2)11-7-9-17(10-8-11)14(18)12-5-3-4-6-13(12)15/h3-6,11H,7-10H2,1-2H3. The Morgan fingerprint density at radius 2 is 1.89 bits per heavy atom. The van der Waals surface area contributed by atoms with Crippen LogP contribution >= 0.6 is 0 Å². The number of hydrogen-bond acceptors (Lipinski definition) is 2. The number of likely N-dealkylation sites (tertiary alicyclic amines) is 1. The molecule has 3 nitrogen and oxygen atoms in total. The highest BCUT2D eigenvalue weighted by molar-refractivity contribution is 5.94. The maximum Gasteiger partial charge on any atom is 0.256 e. The predicted octanol–water partition coefficient (Wildman–Crippen LogP) is 1.99. The van der Waals surface area contributed by atoms with Crippen molar-refractivity contribution in [1.29, 1.82) is 0 Å². The van der Waals surface area contributed by atoms with Crippen LogP contribution in [0.25, 0.3) is 0 Å². The zero-order valence-electron chi connectivity index (χ0n) is 10.9. The Bertz CT molecular complexity index is 426. The van der Waals surface area contributed by atoms with Crippen LogP contribution in [0.1, 0.15) is 23.2 Å². The average molecular weight is 250 g/mol. The maximum atomic E-state index is 13.5. The van der Waals surface area contributed by atoms with E-state index in [0.29, 0.717) is 19.1 Å². The first-order valence-electron chi connectivity index (χ1n) is 6.30. The van der Waals surface area contributed by atoms with Crippen molar-refractivity contribution in [3.05, 3.63) is 35.6 Å². The van der Waals surface area contributed by atoms with Crippen LogP contribution in [-0.2, 0) is 0 Å². The van der Waals surface area contributed by atoms with Crippen molar-refractivity contribution in [3.8, 4) is 0 Å². The Balaban J connectivity index is 2.02. The third-order valence-electron chi connectivity index (χ3n) is 3.59. The smallest absolute Gasteiger partial charge is 0.256 e. The first-order valence-corrected chi connectivity index (χ1v) is 6.30. The van der Waals surface area contributed by atoms with E-state index in [2.05, 4.69) is 19.0 Å². The molecule has 1 aromatic carbocycles. The van der Waals surface area contributed by atoms with Gasteiger partial charge in [0, 0.05) is 19.1 Å². The third-order valence-corrected chi connectivity index (χ3v) is 3.59. The van der Waals surface area contributed by atoms with E-state index in [9.17, 15) is 9.18 Å². The van der Waals surface area contributed by atoms with E-state index in [1.807, 2.05) is 0 Å². The lowest BCUT2D eigenvalue weighted by Crippen LogP contribution is -2.44. The number of nitrogens with zero attached hydrogens (tertiary/aromatic N) is 2. The molecular weight excluding hydrogens is 231 g/mol. The van der Waals surface area contributed by atoms with Crippen molar-refractivity contribution in [2.45, 2.75) is 18.9 Å². The van der Waals surface area contributed by atoms with Gasteiger partial charge >= 0.3 is 0 Å². The van der Waals surface area contributed by atoms with Gasteiger partial charge in [0.2, 0.25) is 0 Å². The number of rotatable bonds is 2. The highest BCUT2D eigenvalue weighted by Gasteiger charge is 2.25. The first-order chi connectivity index (χ1) is 8.59. The zero-order chi connectivity index (χ0) is 13.1. The number of halogens is 1. The lowest BCUT2D eigenvalue weighted by atomic mass is 10.0. The summed E-state index contributed by atoms with van der Waals surface area (Å²) in [6.07, 6.45) is 1.90. The minimum atomic E-state index is -0.433. The van der Waals surface area contributed by atoms with Crippen molar-refractivity contribution in [2.75, 3.05) is 27.2 Å². The molecule has 0 bridgehead atoms. The second kappa shape index (κ2) is 5.48. The molecule has 0 spiro atoms. The lowest BCUT2D eigenvalue weighted by Gasteiger charge is -2.35. The maximum absolute atomic E-state index is 13.5. The van der Waals surface area contributed by atoms with Crippen molar-refractivity contribution in [1.82, 2.24) is 9.80 Å². The normalized spacial score (nSPS) is 17.2. The molecule has 0 aromatic heterocycles. The Labute approximate surface area is 107 Å². The van der Waals surface area contributed by atoms with Gasteiger partial charge in [-0.1, -0.05) is 12.1 Å². The monoisotopic (exact) mass is 250 g/mol. The van der Waals surface area contributed by atoms with Gasteiger partial charge in [-0.2, -0.15) is 0 Å². The van der Waals surface area contributed by atoms with Gasteiger partial charge in [-0.15, -0.1) is 0 Å². The summed E-state index contributed by atoms with van der Waals surface area (Å²) in [5.41, 5.74) is 0.181. The summed E-state index contributed by atoms with van der Waals surface area (Å²) < 4.78 is 13.5. The van der Waals surface area contributed by atoms with Gasteiger partial charge in [-0.05, 0) is 39.1 Å². The number of carbonyl (C=O) groups excluding carboxylic acids is 1. The summed E-state index contributed by atoms with van der Waals surface area (Å²) in [7, 11) is 4.11. The number of carbonyl (C=O) groups is 1. The van der Waals surface area contributed by atoms with Crippen molar-refractivity contribution in [2.24, 2.45) is 0 Å². The van der Waals surface area contributed by atoms with E-state index in [0.717, 1.165) is 12.8 Å². The van der Waals surface area contributed by atoms with Crippen molar-refractivity contribution in [3.63, 3.8) is 0 Å². The Hall–Kier alpha value is -1.42. The van der Waals surface area contributed by atoms with Crippen LogP contribution in [0.3, 0.4) is 0 Å². The highest BCUT2D eigenvalue weighted by Crippen LogP contribution is 2.17. The van der Waals surface area contributed by atoms with E-state index >= 15 is 0 Å². The van der Waals surface area contributed by atoms with Crippen molar-refractivity contribution >= 4 is 5.91 Å². The second-order valence-electron chi connectivity index (χ2n) is 4.97. The summed E-state index contributed by atoms with van der Waals surface area (Å²) in [6, 6.07) is 6.71. The van der Waals surface area contributed by atoms with Crippen LogP contribution in [0.2, 0.25) is 0 Å². The molecule has 1 saturated heterocycles. The van der Waals surface area contributed by atoms with Crippen LogP contribution in [0.5, 0.6) is 0 Å². The first kappa shape index (κ1) is 13.0. The van der Waals surface area contributed by atoms with E-state index in [-0.39, 0.29) is 11.5 Å². The fourth-order valence-corrected chi connectivity index (χ4v) is 2.39. The van der Waals surface area contributed by atoms with Gasteiger partial charge in [0.05, 0.1) is 5.56 Å². The fourth-order valence-electron chi connectivity index (χ4n) is 2.39. The van der Waals surface area contributed by atoms with Gasteiger partial charge in [0.15, 0.2) is 0 Å². The Morgan fingerprint density at radius 3 is 2.44 bits per heavy atom. The predicted molar refractivity (Wildman–Crippen MR) is 69.0 cm³/mol. The molecule has 18 heavy (non-hydrogen) atoms. The fraction of sp³-hybridized carbons (Fsp3) is 0.500. The molecule has 0 saturated carbocycles. The molecule has 1 aliphatic heterocycles. The molecule has 0 unspecified atom stereocenters. The molecule has 0 atom stereocenters. The molecular formula is C14H19FN2O. The van der Waals surface area contributed by atoms with Crippen molar-refractivity contribution < 1.29 is 9.18 Å². The molecule has 1 aliphatic rings. The molecule has 1 aromatic rings. The highest BCUT2D eigenvalue weighted by atomic mass is 19.1. The summed E-state index contributed by atoms with van der Waals surface area (Å²) in [5.74, 6) is -0.623. The molecule has 1 fully saturated rings. The molecule has 0 radical (unpaired) electrons. The SMILES string of the molecule is CN(C)C1CCN(C(=O)c2ccccc2F)CC1. The van der Waals surface area contributed by atoms with Crippen LogP contribution in [0, 0.1) is 5.82 Å². The van der Waals surface area contributed by atoms with Gasteiger partial charge in [0.25, 0.3) is 5.91 Å². The van der Waals surface area contributed by atoms with Crippen LogP contribution in [-0.4, -0.2) is 48.9 Å². The molecule has 2 rings (SSSR count). The summed E-state index contributed by atoms with van der Waals surface area (Å²) in [5, 5.41) is 0. The van der Waals surface area contributed by atoms with Crippen LogP contribution < -0.4 is 0 Å². The van der Waals surface area contributed by atoms with Gasteiger partial charge < -0.3 is 9.80 Å². The minimum Gasteiger partial charge on any atom is -0.338 e. The largest absolute Gasteiger partial charge is 0.338 e. The molecule has 98 valence electrons. The second-order valence-corrected chi connectivity index (χ2v) is 4.97. The zero-order valence-corrected chi connectivity index (χ0v) is 10.9. The number of piperidine rings is 1. The summed E-state index contributed by atoms with van der Waals surface area (Å²) in [6.45, 7) is 1.41. The van der Waals surface area contributed by atoms with E-state index in [4.69, 9.17) is 0 Å². The summed E-state index contributed by atoms with van der Waals surface area (Å²) in [4.78, 5) is 16.1. The molecule has 0 aliphatic carbocycles. The number of benzene rings is 1. The van der Waals surface area contributed by atoms with Gasteiger partial charge in [-0.25, -0.2) is 4.39 Å². The van der Waals surface area contributed by atoms with E-state index < -0.39 is 5.82 Å². The molecule has 0 N–H and O–H groups in total. The Kier molecular flexibility index (Phi) is 3.97. The summed E-state index contributed by atoms with van der Waals surface area (Å²) >= 11 is 0. The van der Waals surface area contributed by atoms with E-state index in [1.165, 1.54) is 6.07 Å².